The van der Waals surface area contributed by atoms with Crippen molar-refractivity contribution in [2.75, 3.05) is 6.54 Å². The van der Waals surface area contributed by atoms with E-state index in [0.717, 1.165) is 18.4 Å². The first-order chi connectivity index (χ1) is 9.38. The van der Waals surface area contributed by atoms with E-state index in [-0.39, 0.29) is 0 Å². The van der Waals surface area contributed by atoms with Crippen LogP contribution >= 0.6 is 11.3 Å². The lowest BCUT2D eigenvalue weighted by atomic mass is 10.0. The molecule has 0 amide bonds. The Labute approximate surface area is 119 Å². The number of thiophene rings is 1. The van der Waals surface area contributed by atoms with Gasteiger partial charge in [0, 0.05) is 10.9 Å². The standard InChI is InChI=1S/C17H21NS/c1-2-18-17(11-14-9-6-10-19-14)16-12-15(16)13-7-4-3-5-8-13/h3-10,15-18H,2,11-12H2,1H3. The maximum atomic E-state index is 3.69. The Morgan fingerprint density at radius 2 is 2.05 bits per heavy atom. The highest BCUT2D eigenvalue weighted by Gasteiger charge is 2.43. The van der Waals surface area contributed by atoms with Crippen LogP contribution in [-0.4, -0.2) is 12.6 Å². The predicted molar refractivity (Wildman–Crippen MR) is 82.8 cm³/mol. The van der Waals surface area contributed by atoms with Crippen molar-refractivity contribution < 1.29 is 0 Å². The summed E-state index contributed by atoms with van der Waals surface area (Å²) in [5.74, 6) is 1.58. The van der Waals surface area contributed by atoms with Gasteiger partial charge in [-0.15, -0.1) is 11.3 Å². The predicted octanol–water partition coefficient (Wildman–Crippen LogP) is 4.07. The average molecular weight is 271 g/mol. The van der Waals surface area contributed by atoms with Crippen LogP contribution in [0, 0.1) is 5.92 Å². The second-order valence-corrected chi connectivity index (χ2v) is 6.40. The molecule has 1 aliphatic carbocycles. The van der Waals surface area contributed by atoms with Gasteiger partial charge in [-0.2, -0.15) is 0 Å². The Balaban J connectivity index is 1.66. The molecule has 1 aromatic heterocycles. The Kier molecular flexibility index (Phi) is 4.00. The van der Waals surface area contributed by atoms with Crippen LogP contribution in [0.25, 0.3) is 0 Å². The molecule has 100 valence electrons. The van der Waals surface area contributed by atoms with Gasteiger partial charge in [0.05, 0.1) is 0 Å². The number of hydrogen-bond acceptors (Lipinski definition) is 2. The molecule has 0 radical (unpaired) electrons. The van der Waals surface area contributed by atoms with Gasteiger partial charge in [0.15, 0.2) is 0 Å². The van der Waals surface area contributed by atoms with E-state index in [1.165, 1.54) is 23.3 Å². The molecule has 1 aromatic carbocycles. The van der Waals surface area contributed by atoms with Crippen LogP contribution < -0.4 is 5.32 Å². The van der Waals surface area contributed by atoms with Crippen molar-refractivity contribution >= 4 is 11.3 Å². The highest BCUT2D eigenvalue weighted by Crippen LogP contribution is 2.50. The quantitative estimate of drug-likeness (QED) is 0.835. The Morgan fingerprint density at radius 3 is 2.74 bits per heavy atom. The lowest BCUT2D eigenvalue weighted by Crippen LogP contribution is -2.33. The third kappa shape index (κ3) is 3.07. The fraction of sp³-hybridized carbons (Fsp3) is 0.412. The molecule has 1 nitrogen and oxygen atoms in total. The highest BCUT2D eigenvalue weighted by atomic mass is 32.1. The topological polar surface area (TPSA) is 12.0 Å². The number of likely N-dealkylation sites (N-methyl/N-ethyl adjacent to an activating group) is 1. The highest BCUT2D eigenvalue weighted by molar-refractivity contribution is 7.09. The van der Waals surface area contributed by atoms with Crippen molar-refractivity contribution in [2.24, 2.45) is 5.92 Å². The minimum Gasteiger partial charge on any atom is -0.314 e. The Hall–Kier alpha value is -1.12. The van der Waals surface area contributed by atoms with Gasteiger partial charge in [0.1, 0.15) is 0 Å². The van der Waals surface area contributed by atoms with Crippen molar-refractivity contribution in [1.29, 1.82) is 0 Å². The first-order valence-electron chi connectivity index (χ1n) is 7.19. The minimum absolute atomic E-state index is 0.633. The monoisotopic (exact) mass is 271 g/mol. The van der Waals surface area contributed by atoms with Crippen molar-refractivity contribution in [1.82, 2.24) is 5.32 Å². The van der Waals surface area contributed by atoms with Gasteiger partial charge in [0.2, 0.25) is 0 Å². The summed E-state index contributed by atoms with van der Waals surface area (Å²) in [5, 5.41) is 5.87. The molecule has 1 aliphatic rings. The van der Waals surface area contributed by atoms with E-state index in [2.05, 4.69) is 60.1 Å². The van der Waals surface area contributed by atoms with Crippen LogP contribution in [0.3, 0.4) is 0 Å². The Morgan fingerprint density at radius 1 is 1.21 bits per heavy atom. The zero-order valence-corrected chi connectivity index (χ0v) is 12.2. The zero-order chi connectivity index (χ0) is 13.1. The molecule has 1 fully saturated rings. The van der Waals surface area contributed by atoms with Gasteiger partial charge >= 0.3 is 0 Å². The molecule has 0 spiro atoms. The van der Waals surface area contributed by atoms with Crippen molar-refractivity contribution in [3.8, 4) is 0 Å². The van der Waals surface area contributed by atoms with E-state index in [1.54, 1.807) is 0 Å². The second kappa shape index (κ2) is 5.89. The van der Waals surface area contributed by atoms with Gasteiger partial charge in [0.25, 0.3) is 0 Å². The molecular weight excluding hydrogens is 250 g/mol. The summed E-state index contributed by atoms with van der Waals surface area (Å²) >= 11 is 1.88. The molecule has 2 aromatic rings. The summed E-state index contributed by atoms with van der Waals surface area (Å²) in [6.07, 6.45) is 2.52. The molecule has 19 heavy (non-hydrogen) atoms. The van der Waals surface area contributed by atoms with Gasteiger partial charge in [-0.05, 0) is 48.2 Å². The normalized spacial score (nSPS) is 23.2. The summed E-state index contributed by atoms with van der Waals surface area (Å²) < 4.78 is 0. The maximum Gasteiger partial charge on any atom is 0.0149 e. The lowest BCUT2D eigenvalue weighted by molar-refractivity contribution is 0.467. The smallest absolute Gasteiger partial charge is 0.0149 e. The summed E-state index contributed by atoms with van der Waals surface area (Å²) in [6.45, 7) is 3.27. The SMILES string of the molecule is CCNC(Cc1cccs1)C1CC1c1ccccc1. The van der Waals surface area contributed by atoms with E-state index in [4.69, 9.17) is 0 Å². The third-order valence-electron chi connectivity index (χ3n) is 4.05. The molecule has 0 aliphatic heterocycles. The maximum absolute atomic E-state index is 3.69. The van der Waals surface area contributed by atoms with Crippen molar-refractivity contribution in [2.45, 2.75) is 31.7 Å². The molecular formula is C17H21NS. The fourth-order valence-electron chi connectivity index (χ4n) is 3.03. The first kappa shape index (κ1) is 12.9. The molecule has 1 N–H and O–H groups in total. The van der Waals surface area contributed by atoms with Gasteiger partial charge in [-0.25, -0.2) is 0 Å². The molecule has 0 bridgehead atoms. The fourth-order valence-corrected chi connectivity index (χ4v) is 3.79. The second-order valence-electron chi connectivity index (χ2n) is 5.36. The van der Waals surface area contributed by atoms with E-state index < -0.39 is 0 Å². The Bertz CT molecular complexity index is 491. The molecule has 1 heterocycles. The summed E-state index contributed by atoms with van der Waals surface area (Å²) in [5.41, 5.74) is 1.52. The summed E-state index contributed by atoms with van der Waals surface area (Å²) in [4.78, 5) is 1.50. The van der Waals surface area contributed by atoms with Crippen LogP contribution in [0.2, 0.25) is 0 Å². The van der Waals surface area contributed by atoms with Gasteiger partial charge in [-0.3, -0.25) is 0 Å². The molecule has 1 saturated carbocycles. The van der Waals surface area contributed by atoms with E-state index >= 15 is 0 Å². The number of rotatable bonds is 6. The van der Waals surface area contributed by atoms with E-state index in [1.807, 2.05) is 11.3 Å². The number of benzene rings is 1. The summed E-state index contributed by atoms with van der Waals surface area (Å²) in [7, 11) is 0. The summed E-state index contributed by atoms with van der Waals surface area (Å²) in [6, 6.07) is 16.0. The van der Waals surface area contributed by atoms with Crippen LogP contribution in [0.15, 0.2) is 47.8 Å². The third-order valence-corrected chi connectivity index (χ3v) is 4.95. The van der Waals surface area contributed by atoms with Crippen LogP contribution in [0.4, 0.5) is 0 Å². The first-order valence-corrected chi connectivity index (χ1v) is 8.07. The largest absolute Gasteiger partial charge is 0.314 e. The molecule has 3 atom stereocenters. The minimum atomic E-state index is 0.633. The molecule has 0 saturated heterocycles. The van der Waals surface area contributed by atoms with Crippen LogP contribution in [-0.2, 0) is 6.42 Å². The molecule has 3 unspecified atom stereocenters. The van der Waals surface area contributed by atoms with Crippen molar-refractivity contribution in [3.05, 3.63) is 58.3 Å². The lowest BCUT2D eigenvalue weighted by Gasteiger charge is -2.17. The number of nitrogens with one attached hydrogen (secondary N) is 1. The van der Waals surface area contributed by atoms with Gasteiger partial charge < -0.3 is 5.32 Å². The van der Waals surface area contributed by atoms with Crippen LogP contribution in [0.5, 0.6) is 0 Å². The van der Waals surface area contributed by atoms with Gasteiger partial charge in [-0.1, -0.05) is 43.3 Å². The van der Waals surface area contributed by atoms with Crippen LogP contribution in [0.1, 0.15) is 29.7 Å². The number of hydrogen-bond donors (Lipinski definition) is 1. The van der Waals surface area contributed by atoms with E-state index in [9.17, 15) is 0 Å². The molecule has 2 heteroatoms. The van der Waals surface area contributed by atoms with Crippen molar-refractivity contribution in [3.63, 3.8) is 0 Å². The van der Waals surface area contributed by atoms with E-state index in [0.29, 0.717) is 6.04 Å². The molecule has 3 rings (SSSR count). The zero-order valence-electron chi connectivity index (χ0n) is 11.4. The average Bonchev–Trinajstić information content (AvgIpc) is 3.09.